The van der Waals surface area contributed by atoms with Gasteiger partial charge in [-0.05, 0) is 23.9 Å². The van der Waals surface area contributed by atoms with Crippen LogP contribution in [0.25, 0.3) is 10.8 Å². The molecule has 3 rings (SSSR count). The summed E-state index contributed by atoms with van der Waals surface area (Å²) in [6.45, 7) is 5.60. The van der Waals surface area contributed by atoms with Gasteiger partial charge in [0.15, 0.2) is 0 Å². The van der Waals surface area contributed by atoms with E-state index in [2.05, 4.69) is 6.58 Å². The first-order chi connectivity index (χ1) is 10.6. The number of hydrogen-bond donors (Lipinski definition) is 1. The Morgan fingerprint density at radius 1 is 1.14 bits per heavy atom. The van der Waals surface area contributed by atoms with Crippen molar-refractivity contribution in [3.8, 4) is 0 Å². The fourth-order valence-electron chi connectivity index (χ4n) is 3.13. The zero-order valence-electron chi connectivity index (χ0n) is 12.5. The van der Waals surface area contributed by atoms with Gasteiger partial charge in [0, 0.05) is 22.6 Å². The molecule has 2 amide bonds. The summed E-state index contributed by atoms with van der Waals surface area (Å²) in [6.07, 6.45) is 2.17. The van der Waals surface area contributed by atoms with Crippen molar-refractivity contribution in [3.05, 3.63) is 60.2 Å². The highest BCUT2D eigenvalue weighted by Crippen LogP contribution is 2.31. The zero-order valence-corrected chi connectivity index (χ0v) is 12.5. The van der Waals surface area contributed by atoms with Gasteiger partial charge in [-0.25, -0.2) is 0 Å². The normalized spacial score (nSPS) is 16.7. The summed E-state index contributed by atoms with van der Waals surface area (Å²) in [7, 11) is 0. The van der Waals surface area contributed by atoms with E-state index in [9.17, 15) is 9.59 Å². The van der Waals surface area contributed by atoms with E-state index in [1.165, 1.54) is 4.90 Å². The van der Waals surface area contributed by atoms with Crippen LogP contribution in [0, 0.1) is 0 Å². The average Bonchev–Trinajstić information content (AvgIpc) is 2.55. The maximum Gasteiger partial charge on any atom is 0.261 e. The number of nitrogens with two attached hydrogens (primary N) is 1. The first-order valence-electron chi connectivity index (χ1n) is 7.38. The molecule has 0 bridgehead atoms. The minimum absolute atomic E-state index is 0.279. The lowest BCUT2D eigenvalue weighted by atomic mass is 9.91. The van der Waals surface area contributed by atoms with E-state index >= 15 is 0 Å². The smallest absolute Gasteiger partial charge is 0.261 e. The monoisotopic (exact) mass is 294 g/mol. The summed E-state index contributed by atoms with van der Waals surface area (Å²) >= 11 is 0. The van der Waals surface area contributed by atoms with E-state index < -0.39 is 6.04 Å². The van der Waals surface area contributed by atoms with E-state index in [-0.39, 0.29) is 17.9 Å². The fourth-order valence-corrected chi connectivity index (χ4v) is 3.13. The van der Waals surface area contributed by atoms with Crippen LogP contribution in [0.5, 0.6) is 0 Å². The highest BCUT2D eigenvalue weighted by Gasteiger charge is 2.38. The quantitative estimate of drug-likeness (QED) is 0.696. The molecule has 0 fully saturated rings. The summed E-state index contributed by atoms with van der Waals surface area (Å²) in [4.78, 5) is 27.0. The number of nitrogens with zero attached hydrogens (tertiary/aromatic N) is 1. The second-order valence-corrected chi connectivity index (χ2v) is 5.48. The average molecular weight is 294 g/mol. The summed E-state index contributed by atoms with van der Waals surface area (Å²) in [5.74, 6) is -0.558. The molecule has 22 heavy (non-hydrogen) atoms. The SMILES string of the molecule is C=CC(N)C(CC)N1C(=O)c2cccc3cccc(c23)C1=O. The van der Waals surface area contributed by atoms with Crippen LogP contribution in [0.3, 0.4) is 0 Å². The van der Waals surface area contributed by atoms with Crippen LogP contribution in [-0.2, 0) is 0 Å². The van der Waals surface area contributed by atoms with E-state index in [0.717, 1.165) is 10.8 Å². The number of benzene rings is 2. The van der Waals surface area contributed by atoms with E-state index in [1.54, 1.807) is 18.2 Å². The van der Waals surface area contributed by atoms with Gasteiger partial charge >= 0.3 is 0 Å². The Bertz CT molecular complexity index is 731. The first-order valence-corrected chi connectivity index (χ1v) is 7.38. The summed E-state index contributed by atoms with van der Waals surface area (Å²) in [6, 6.07) is 10.2. The van der Waals surface area contributed by atoms with Gasteiger partial charge in [0.05, 0.1) is 6.04 Å². The Balaban J connectivity index is 2.21. The van der Waals surface area contributed by atoms with Gasteiger partial charge in [0.1, 0.15) is 0 Å². The maximum absolute atomic E-state index is 12.8. The largest absolute Gasteiger partial charge is 0.323 e. The second-order valence-electron chi connectivity index (χ2n) is 5.48. The topological polar surface area (TPSA) is 63.4 Å². The molecule has 1 heterocycles. The molecule has 0 aliphatic carbocycles. The predicted octanol–water partition coefficient (Wildman–Crippen LogP) is 2.73. The van der Waals surface area contributed by atoms with Crippen LogP contribution >= 0.6 is 0 Å². The molecular weight excluding hydrogens is 276 g/mol. The van der Waals surface area contributed by atoms with Gasteiger partial charge in [-0.3, -0.25) is 14.5 Å². The van der Waals surface area contributed by atoms with Gasteiger partial charge in [0.25, 0.3) is 11.8 Å². The minimum Gasteiger partial charge on any atom is -0.323 e. The lowest BCUT2D eigenvalue weighted by Crippen LogP contribution is -2.53. The molecule has 0 aromatic heterocycles. The molecule has 2 unspecified atom stereocenters. The van der Waals surface area contributed by atoms with Crippen LogP contribution in [-0.4, -0.2) is 28.8 Å². The Labute approximate surface area is 129 Å². The molecule has 1 aliphatic heterocycles. The lowest BCUT2D eigenvalue weighted by molar-refractivity contribution is 0.0522. The van der Waals surface area contributed by atoms with Crippen molar-refractivity contribution in [1.82, 2.24) is 4.90 Å². The van der Waals surface area contributed by atoms with Gasteiger partial charge in [-0.15, -0.1) is 6.58 Å². The number of rotatable bonds is 4. The van der Waals surface area contributed by atoms with E-state index in [4.69, 9.17) is 5.73 Å². The molecule has 1 aliphatic rings. The standard InChI is InChI=1S/C18H18N2O2/c1-3-14(19)15(4-2)20-17(21)12-9-5-7-11-8-6-10-13(16(11)12)18(20)22/h3,5-10,14-15H,1,4,19H2,2H3. The van der Waals surface area contributed by atoms with Crippen molar-refractivity contribution in [2.24, 2.45) is 5.73 Å². The summed E-state index contributed by atoms with van der Waals surface area (Å²) in [5, 5.41) is 1.63. The van der Waals surface area contributed by atoms with Gasteiger partial charge in [-0.1, -0.05) is 37.3 Å². The van der Waals surface area contributed by atoms with Gasteiger partial charge in [-0.2, -0.15) is 0 Å². The van der Waals surface area contributed by atoms with Crippen LogP contribution in [0.15, 0.2) is 49.1 Å². The van der Waals surface area contributed by atoms with Crippen molar-refractivity contribution in [2.75, 3.05) is 0 Å². The number of imide groups is 1. The van der Waals surface area contributed by atoms with Crippen molar-refractivity contribution in [2.45, 2.75) is 25.4 Å². The number of carbonyl (C=O) groups is 2. The third-order valence-electron chi connectivity index (χ3n) is 4.27. The summed E-state index contributed by atoms with van der Waals surface area (Å²) < 4.78 is 0. The van der Waals surface area contributed by atoms with Crippen molar-refractivity contribution in [3.63, 3.8) is 0 Å². The zero-order chi connectivity index (χ0) is 15.9. The molecule has 4 heteroatoms. The molecular formula is C18H18N2O2. The third-order valence-corrected chi connectivity index (χ3v) is 4.27. The van der Waals surface area contributed by atoms with Gasteiger partial charge < -0.3 is 5.73 Å². The minimum atomic E-state index is -0.442. The number of amides is 2. The van der Waals surface area contributed by atoms with Crippen molar-refractivity contribution in [1.29, 1.82) is 0 Å². The highest BCUT2D eigenvalue weighted by atomic mass is 16.2. The predicted molar refractivity (Wildman–Crippen MR) is 86.7 cm³/mol. The van der Waals surface area contributed by atoms with Crippen LogP contribution in [0.4, 0.5) is 0 Å². The Hall–Kier alpha value is -2.46. The van der Waals surface area contributed by atoms with Crippen LogP contribution < -0.4 is 5.73 Å². The molecule has 4 nitrogen and oxygen atoms in total. The molecule has 112 valence electrons. The molecule has 2 atom stereocenters. The first kappa shape index (κ1) is 14.5. The number of hydrogen-bond acceptors (Lipinski definition) is 3. The molecule has 0 saturated heterocycles. The highest BCUT2D eigenvalue weighted by molar-refractivity contribution is 6.25. The molecule has 2 N–H and O–H groups in total. The van der Waals surface area contributed by atoms with E-state index in [0.29, 0.717) is 17.5 Å². The molecule has 0 saturated carbocycles. The molecule has 2 aromatic carbocycles. The maximum atomic E-state index is 12.8. The van der Waals surface area contributed by atoms with Crippen molar-refractivity contribution >= 4 is 22.6 Å². The second kappa shape index (κ2) is 5.39. The van der Waals surface area contributed by atoms with Crippen LogP contribution in [0.1, 0.15) is 34.1 Å². The van der Waals surface area contributed by atoms with E-state index in [1.807, 2.05) is 31.2 Å². The van der Waals surface area contributed by atoms with Gasteiger partial charge in [0.2, 0.25) is 0 Å². The van der Waals surface area contributed by atoms with Crippen molar-refractivity contribution < 1.29 is 9.59 Å². The Morgan fingerprint density at radius 2 is 1.68 bits per heavy atom. The summed E-state index contributed by atoms with van der Waals surface area (Å²) in [5.41, 5.74) is 7.15. The molecule has 2 aromatic rings. The third kappa shape index (κ3) is 1.96. The lowest BCUT2D eigenvalue weighted by Gasteiger charge is -2.35. The Kier molecular flexibility index (Phi) is 3.54. The number of carbonyl (C=O) groups excluding carboxylic acids is 2. The fraction of sp³-hybridized carbons (Fsp3) is 0.222. The molecule has 0 radical (unpaired) electrons. The Morgan fingerprint density at radius 3 is 2.14 bits per heavy atom. The van der Waals surface area contributed by atoms with Crippen LogP contribution in [0.2, 0.25) is 0 Å². The molecule has 0 spiro atoms.